The third-order valence-corrected chi connectivity index (χ3v) is 4.11. The first kappa shape index (κ1) is 13.4. The molecule has 1 heterocycles. The van der Waals surface area contributed by atoms with E-state index in [0.717, 1.165) is 18.6 Å². The van der Waals surface area contributed by atoms with E-state index in [1.165, 1.54) is 19.3 Å². The second-order valence-electron chi connectivity index (χ2n) is 5.77. The number of β-amino-alcohol motifs (C(OH)–C–C–N with tert-alkyl or cyclic N) is 1. The second kappa shape index (κ2) is 5.83. The molecule has 1 amide bonds. The van der Waals surface area contributed by atoms with E-state index >= 15 is 0 Å². The molecule has 1 aromatic carbocycles. The van der Waals surface area contributed by atoms with Gasteiger partial charge in [0.2, 0.25) is 0 Å². The Labute approximate surface area is 119 Å². The molecule has 108 valence electrons. The molecule has 0 bridgehead atoms. The van der Waals surface area contributed by atoms with Crippen LogP contribution >= 0.6 is 0 Å². The standard InChI is InChI=1S/C16H21NO3/c18-13-10-17(11-13)16(19)12-6-8-15(9-7-12)20-14-4-2-1-3-5-14/h6-9,13-14,18H,1-5,10-11H2. The first-order chi connectivity index (χ1) is 9.72. The van der Waals surface area contributed by atoms with Crippen LogP contribution in [0.25, 0.3) is 0 Å². The molecular formula is C16H21NO3. The highest BCUT2D eigenvalue weighted by molar-refractivity contribution is 5.94. The molecule has 0 unspecified atom stereocenters. The number of rotatable bonds is 3. The zero-order chi connectivity index (χ0) is 13.9. The quantitative estimate of drug-likeness (QED) is 0.920. The van der Waals surface area contributed by atoms with Crippen LogP contribution in [-0.2, 0) is 0 Å². The zero-order valence-electron chi connectivity index (χ0n) is 11.6. The Morgan fingerprint density at radius 3 is 2.35 bits per heavy atom. The van der Waals surface area contributed by atoms with Gasteiger partial charge in [-0.15, -0.1) is 0 Å². The van der Waals surface area contributed by atoms with Crippen molar-refractivity contribution in [3.63, 3.8) is 0 Å². The number of hydrogen-bond donors (Lipinski definition) is 1. The fourth-order valence-corrected chi connectivity index (χ4v) is 2.86. The van der Waals surface area contributed by atoms with Gasteiger partial charge in [0.15, 0.2) is 0 Å². The first-order valence-corrected chi connectivity index (χ1v) is 7.46. The van der Waals surface area contributed by atoms with Crippen molar-refractivity contribution in [3.8, 4) is 5.75 Å². The van der Waals surface area contributed by atoms with Crippen molar-refractivity contribution in [2.45, 2.75) is 44.3 Å². The number of amides is 1. The number of benzene rings is 1. The molecule has 1 aliphatic carbocycles. The predicted molar refractivity (Wildman–Crippen MR) is 75.9 cm³/mol. The molecule has 1 aromatic rings. The number of aliphatic hydroxyl groups is 1. The second-order valence-corrected chi connectivity index (χ2v) is 5.77. The summed E-state index contributed by atoms with van der Waals surface area (Å²) >= 11 is 0. The lowest BCUT2D eigenvalue weighted by molar-refractivity contribution is 0.00589. The van der Waals surface area contributed by atoms with Crippen molar-refractivity contribution in [2.24, 2.45) is 0 Å². The SMILES string of the molecule is O=C(c1ccc(OC2CCCCC2)cc1)N1CC(O)C1. The van der Waals surface area contributed by atoms with Gasteiger partial charge in [0.05, 0.1) is 12.2 Å². The van der Waals surface area contributed by atoms with Crippen LogP contribution in [0.2, 0.25) is 0 Å². The van der Waals surface area contributed by atoms with E-state index in [1.54, 1.807) is 4.90 Å². The fourth-order valence-electron chi connectivity index (χ4n) is 2.86. The summed E-state index contributed by atoms with van der Waals surface area (Å²) in [7, 11) is 0. The summed E-state index contributed by atoms with van der Waals surface area (Å²) in [6, 6.07) is 7.37. The Hall–Kier alpha value is -1.55. The molecule has 0 spiro atoms. The molecule has 2 aliphatic rings. The lowest BCUT2D eigenvalue weighted by Gasteiger charge is -2.35. The molecule has 20 heavy (non-hydrogen) atoms. The zero-order valence-corrected chi connectivity index (χ0v) is 11.6. The Balaban J connectivity index is 1.58. The van der Waals surface area contributed by atoms with Crippen LogP contribution in [0.4, 0.5) is 0 Å². The van der Waals surface area contributed by atoms with Gasteiger partial charge in [0.1, 0.15) is 5.75 Å². The number of nitrogens with zero attached hydrogens (tertiary/aromatic N) is 1. The van der Waals surface area contributed by atoms with Crippen LogP contribution in [0.1, 0.15) is 42.5 Å². The van der Waals surface area contributed by atoms with Gasteiger partial charge in [-0.25, -0.2) is 0 Å². The number of hydrogen-bond acceptors (Lipinski definition) is 3. The summed E-state index contributed by atoms with van der Waals surface area (Å²) < 4.78 is 5.94. The minimum atomic E-state index is -0.354. The molecular weight excluding hydrogens is 254 g/mol. The summed E-state index contributed by atoms with van der Waals surface area (Å²) in [5.74, 6) is 0.830. The van der Waals surface area contributed by atoms with E-state index in [1.807, 2.05) is 24.3 Å². The monoisotopic (exact) mass is 275 g/mol. The molecule has 3 rings (SSSR count). The van der Waals surface area contributed by atoms with E-state index in [4.69, 9.17) is 4.74 Å². The number of carbonyl (C=O) groups excluding carboxylic acids is 1. The average molecular weight is 275 g/mol. The highest BCUT2D eigenvalue weighted by Gasteiger charge is 2.29. The maximum atomic E-state index is 12.0. The van der Waals surface area contributed by atoms with E-state index < -0.39 is 0 Å². The molecule has 0 atom stereocenters. The van der Waals surface area contributed by atoms with Crippen molar-refractivity contribution in [3.05, 3.63) is 29.8 Å². The van der Waals surface area contributed by atoms with E-state index in [0.29, 0.717) is 24.8 Å². The molecule has 1 saturated heterocycles. The van der Waals surface area contributed by atoms with Crippen LogP contribution in [0, 0.1) is 0 Å². The van der Waals surface area contributed by atoms with Crippen molar-refractivity contribution in [1.82, 2.24) is 4.90 Å². The number of aliphatic hydroxyl groups excluding tert-OH is 1. The molecule has 2 fully saturated rings. The Kier molecular flexibility index (Phi) is 3.92. The Morgan fingerprint density at radius 1 is 1.10 bits per heavy atom. The van der Waals surface area contributed by atoms with Gasteiger partial charge in [-0.1, -0.05) is 6.42 Å². The van der Waals surface area contributed by atoms with E-state index in [-0.39, 0.29) is 12.0 Å². The third-order valence-electron chi connectivity index (χ3n) is 4.11. The van der Waals surface area contributed by atoms with Crippen molar-refractivity contribution >= 4 is 5.91 Å². The average Bonchev–Trinajstić information content (AvgIpc) is 2.45. The van der Waals surface area contributed by atoms with Gasteiger partial charge in [-0.2, -0.15) is 0 Å². The molecule has 0 aromatic heterocycles. The number of likely N-dealkylation sites (tertiary alicyclic amines) is 1. The van der Waals surface area contributed by atoms with Crippen molar-refractivity contribution in [1.29, 1.82) is 0 Å². The molecule has 1 aliphatic heterocycles. The highest BCUT2D eigenvalue weighted by atomic mass is 16.5. The Bertz CT molecular complexity index is 459. The topological polar surface area (TPSA) is 49.8 Å². The van der Waals surface area contributed by atoms with Crippen LogP contribution in [0.15, 0.2) is 24.3 Å². The maximum absolute atomic E-state index is 12.0. The van der Waals surface area contributed by atoms with E-state index in [2.05, 4.69) is 0 Å². The molecule has 1 saturated carbocycles. The predicted octanol–water partition coefficient (Wildman–Crippen LogP) is 2.21. The third kappa shape index (κ3) is 2.96. The lowest BCUT2D eigenvalue weighted by Crippen LogP contribution is -2.53. The summed E-state index contributed by atoms with van der Waals surface area (Å²) in [4.78, 5) is 13.7. The summed E-state index contributed by atoms with van der Waals surface area (Å²) in [5.41, 5.74) is 0.660. The van der Waals surface area contributed by atoms with Crippen LogP contribution < -0.4 is 4.74 Å². The van der Waals surface area contributed by atoms with Gasteiger partial charge in [0.25, 0.3) is 5.91 Å². The normalized spacial score (nSPS) is 20.6. The van der Waals surface area contributed by atoms with Crippen LogP contribution in [0.5, 0.6) is 5.75 Å². The van der Waals surface area contributed by atoms with Gasteiger partial charge in [-0.05, 0) is 49.9 Å². The minimum absolute atomic E-state index is 0.0143. The molecule has 4 heteroatoms. The largest absolute Gasteiger partial charge is 0.490 e. The van der Waals surface area contributed by atoms with Crippen molar-refractivity contribution < 1.29 is 14.6 Å². The summed E-state index contributed by atoms with van der Waals surface area (Å²) in [5, 5.41) is 9.23. The lowest BCUT2D eigenvalue weighted by atomic mass is 9.98. The van der Waals surface area contributed by atoms with Crippen molar-refractivity contribution in [2.75, 3.05) is 13.1 Å². The smallest absolute Gasteiger partial charge is 0.254 e. The summed E-state index contributed by atoms with van der Waals surface area (Å²) in [6.45, 7) is 0.887. The number of carbonyl (C=O) groups is 1. The van der Waals surface area contributed by atoms with Gasteiger partial charge in [-0.3, -0.25) is 4.79 Å². The van der Waals surface area contributed by atoms with Crippen LogP contribution in [-0.4, -0.2) is 41.2 Å². The highest BCUT2D eigenvalue weighted by Crippen LogP contribution is 2.24. The van der Waals surface area contributed by atoms with Gasteiger partial charge in [0, 0.05) is 18.7 Å². The molecule has 0 radical (unpaired) electrons. The fraction of sp³-hybridized carbons (Fsp3) is 0.562. The maximum Gasteiger partial charge on any atom is 0.254 e. The summed E-state index contributed by atoms with van der Waals surface area (Å²) in [6.07, 6.45) is 6.05. The first-order valence-electron chi connectivity index (χ1n) is 7.46. The van der Waals surface area contributed by atoms with Crippen LogP contribution in [0.3, 0.4) is 0 Å². The number of ether oxygens (including phenoxy) is 1. The minimum Gasteiger partial charge on any atom is -0.490 e. The van der Waals surface area contributed by atoms with Gasteiger partial charge >= 0.3 is 0 Å². The Morgan fingerprint density at radius 2 is 1.75 bits per heavy atom. The van der Waals surface area contributed by atoms with E-state index in [9.17, 15) is 9.90 Å². The molecule has 1 N–H and O–H groups in total. The van der Waals surface area contributed by atoms with Gasteiger partial charge < -0.3 is 14.7 Å². The molecule has 4 nitrogen and oxygen atoms in total.